The van der Waals surface area contributed by atoms with Gasteiger partial charge >= 0.3 is 0 Å². The number of nitrogen functional groups attached to an aromatic ring is 1. The van der Waals surface area contributed by atoms with Crippen molar-refractivity contribution < 1.29 is 4.79 Å². The van der Waals surface area contributed by atoms with Crippen LogP contribution in [-0.4, -0.2) is 15.7 Å². The topological polar surface area (TPSA) is 60.9 Å². The van der Waals surface area contributed by atoms with E-state index in [1.165, 1.54) is 4.68 Å². The number of aryl methyl sites for hydroxylation is 1. The minimum atomic E-state index is -0.207. The standard InChI is InChI=1S/C11H11N3O/c1-8-7-10(12)14(13-8)11(15)9-5-3-2-4-6-9/h2-7H,12H2,1H3. The van der Waals surface area contributed by atoms with E-state index in [1.807, 2.05) is 6.07 Å². The maximum Gasteiger partial charge on any atom is 0.280 e. The van der Waals surface area contributed by atoms with Crippen molar-refractivity contribution in [3.8, 4) is 0 Å². The van der Waals surface area contributed by atoms with Crippen LogP contribution in [0.15, 0.2) is 36.4 Å². The Kier molecular flexibility index (Phi) is 2.25. The Balaban J connectivity index is 2.41. The molecule has 76 valence electrons. The largest absolute Gasteiger partial charge is 0.383 e. The molecule has 0 bridgehead atoms. The van der Waals surface area contributed by atoms with Crippen LogP contribution in [0.25, 0.3) is 0 Å². The molecule has 0 unspecified atom stereocenters. The molecule has 0 aliphatic heterocycles. The number of aromatic nitrogens is 2. The average Bonchev–Trinajstić information content (AvgIpc) is 2.58. The van der Waals surface area contributed by atoms with Gasteiger partial charge in [0.25, 0.3) is 5.91 Å². The van der Waals surface area contributed by atoms with E-state index in [1.54, 1.807) is 37.3 Å². The molecule has 1 heterocycles. The Bertz CT molecular complexity index is 488. The molecule has 0 fully saturated rings. The minimum Gasteiger partial charge on any atom is -0.383 e. The summed E-state index contributed by atoms with van der Waals surface area (Å²) in [6.45, 7) is 1.80. The maximum absolute atomic E-state index is 11.9. The van der Waals surface area contributed by atoms with Crippen LogP contribution in [0.4, 0.5) is 5.82 Å². The summed E-state index contributed by atoms with van der Waals surface area (Å²) >= 11 is 0. The first-order valence-corrected chi connectivity index (χ1v) is 4.60. The van der Waals surface area contributed by atoms with Crippen molar-refractivity contribution in [2.75, 3.05) is 5.73 Å². The molecule has 0 atom stereocenters. The fourth-order valence-electron chi connectivity index (χ4n) is 1.39. The van der Waals surface area contributed by atoms with Crippen molar-refractivity contribution in [3.05, 3.63) is 47.7 Å². The van der Waals surface area contributed by atoms with E-state index in [0.29, 0.717) is 11.4 Å². The Morgan fingerprint density at radius 2 is 2.00 bits per heavy atom. The third-order valence-corrected chi connectivity index (χ3v) is 2.07. The van der Waals surface area contributed by atoms with Gasteiger partial charge in [-0.25, -0.2) is 0 Å². The Morgan fingerprint density at radius 3 is 2.53 bits per heavy atom. The highest BCUT2D eigenvalue weighted by Crippen LogP contribution is 2.09. The number of anilines is 1. The second-order valence-corrected chi connectivity index (χ2v) is 3.29. The monoisotopic (exact) mass is 201 g/mol. The van der Waals surface area contributed by atoms with Crippen molar-refractivity contribution in [1.82, 2.24) is 9.78 Å². The summed E-state index contributed by atoms with van der Waals surface area (Å²) in [5.74, 6) is 0.155. The first kappa shape index (κ1) is 9.45. The Morgan fingerprint density at radius 1 is 1.33 bits per heavy atom. The van der Waals surface area contributed by atoms with E-state index in [0.717, 1.165) is 5.69 Å². The lowest BCUT2D eigenvalue weighted by Gasteiger charge is -2.01. The number of rotatable bonds is 1. The van der Waals surface area contributed by atoms with Crippen LogP contribution in [0.3, 0.4) is 0 Å². The highest BCUT2D eigenvalue weighted by atomic mass is 16.2. The fraction of sp³-hybridized carbons (Fsp3) is 0.0909. The Hall–Kier alpha value is -2.10. The summed E-state index contributed by atoms with van der Waals surface area (Å²) in [7, 11) is 0. The van der Waals surface area contributed by atoms with Crippen molar-refractivity contribution in [1.29, 1.82) is 0 Å². The molecule has 2 rings (SSSR count). The first-order valence-electron chi connectivity index (χ1n) is 4.60. The molecule has 15 heavy (non-hydrogen) atoms. The van der Waals surface area contributed by atoms with Gasteiger partial charge in [0.2, 0.25) is 0 Å². The van der Waals surface area contributed by atoms with Crippen LogP contribution in [0.1, 0.15) is 16.1 Å². The molecule has 4 heteroatoms. The highest BCUT2D eigenvalue weighted by molar-refractivity contribution is 5.96. The van der Waals surface area contributed by atoms with Gasteiger partial charge in [-0.2, -0.15) is 9.78 Å². The molecular formula is C11H11N3O. The number of benzene rings is 1. The molecule has 0 spiro atoms. The fourth-order valence-corrected chi connectivity index (χ4v) is 1.39. The average molecular weight is 201 g/mol. The third kappa shape index (κ3) is 1.74. The quantitative estimate of drug-likeness (QED) is 0.759. The zero-order chi connectivity index (χ0) is 10.8. The number of hydrogen-bond donors (Lipinski definition) is 1. The SMILES string of the molecule is Cc1cc(N)n(C(=O)c2ccccc2)n1. The second kappa shape index (κ2) is 3.57. The van der Waals surface area contributed by atoms with Gasteiger partial charge in [0.15, 0.2) is 0 Å². The molecule has 2 aromatic rings. The molecular weight excluding hydrogens is 190 g/mol. The summed E-state index contributed by atoms with van der Waals surface area (Å²) < 4.78 is 1.21. The zero-order valence-corrected chi connectivity index (χ0v) is 8.34. The van der Waals surface area contributed by atoms with E-state index in [2.05, 4.69) is 5.10 Å². The summed E-state index contributed by atoms with van der Waals surface area (Å²) in [4.78, 5) is 11.9. The predicted molar refractivity (Wildman–Crippen MR) is 57.5 cm³/mol. The molecule has 1 aromatic carbocycles. The van der Waals surface area contributed by atoms with Gasteiger partial charge in [0.1, 0.15) is 5.82 Å². The molecule has 0 saturated carbocycles. The Labute approximate surface area is 87.3 Å². The molecule has 0 saturated heterocycles. The lowest BCUT2D eigenvalue weighted by atomic mass is 10.2. The van der Waals surface area contributed by atoms with Crippen LogP contribution >= 0.6 is 0 Å². The first-order chi connectivity index (χ1) is 7.18. The van der Waals surface area contributed by atoms with E-state index < -0.39 is 0 Å². The van der Waals surface area contributed by atoms with Crippen molar-refractivity contribution in [2.24, 2.45) is 0 Å². The van der Waals surface area contributed by atoms with Gasteiger partial charge < -0.3 is 5.73 Å². The molecule has 0 aliphatic carbocycles. The van der Waals surface area contributed by atoms with Crippen LogP contribution in [0.2, 0.25) is 0 Å². The van der Waals surface area contributed by atoms with Gasteiger partial charge in [0, 0.05) is 11.6 Å². The zero-order valence-electron chi connectivity index (χ0n) is 8.34. The molecule has 0 aliphatic rings. The van der Waals surface area contributed by atoms with Crippen LogP contribution in [-0.2, 0) is 0 Å². The van der Waals surface area contributed by atoms with Gasteiger partial charge in [-0.05, 0) is 19.1 Å². The lowest BCUT2D eigenvalue weighted by Crippen LogP contribution is -2.15. The van der Waals surface area contributed by atoms with Crippen LogP contribution in [0, 0.1) is 6.92 Å². The van der Waals surface area contributed by atoms with Gasteiger partial charge in [-0.3, -0.25) is 4.79 Å². The van der Waals surface area contributed by atoms with E-state index in [4.69, 9.17) is 5.73 Å². The van der Waals surface area contributed by atoms with Crippen LogP contribution in [0.5, 0.6) is 0 Å². The highest BCUT2D eigenvalue weighted by Gasteiger charge is 2.12. The smallest absolute Gasteiger partial charge is 0.280 e. The number of hydrogen-bond acceptors (Lipinski definition) is 3. The van der Waals surface area contributed by atoms with Crippen LogP contribution < -0.4 is 5.73 Å². The van der Waals surface area contributed by atoms with E-state index in [-0.39, 0.29) is 5.91 Å². The summed E-state index contributed by atoms with van der Waals surface area (Å²) in [6, 6.07) is 10.6. The number of carbonyl (C=O) groups excluding carboxylic acids is 1. The van der Waals surface area contributed by atoms with Gasteiger partial charge in [0.05, 0.1) is 5.69 Å². The molecule has 0 radical (unpaired) electrons. The summed E-state index contributed by atoms with van der Waals surface area (Å²) in [6.07, 6.45) is 0. The predicted octanol–water partition coefficient (Wildman–Crippen LogP) is 1.46. The summed E-state index contributed by atoms with van der Waals surface area (Å²) in [5, 5.41) is 4.03. The maximum atomic E-state index is 11.9. The van der Waals surface area contributed by atoms with Crippen molar-refractivity contribution in [3.63, 3.8) is 0 Å². The molecule has 0 amide bonds. The second-order valence-electron chi connectivity index (χ2n) is 3.29. The van der Waals surface area contributed by atoms with Crippen molar-refractivity contribution >= 4 is 11.7 Å². The number of carbonyl (C=O) groups is 1. The number of nitrogens with two attached hydrogens (primary N) is 1. The normalized spacial score (nSPS) is 10.2. The third-order valence-electron chi connectivity index (χ3n) is 2.07. The summed E-state index contributed by atoms with van der Waals surface area (Å²) in [5.41, 5.74) is 6.97. The molecule has 1 aromatic heterocycles. The van der Waals surface area contributed by atoms with E-state index in [9.17, 15) is 4.79 Å². The lowest BCUT2D eigenvalue weighted by molar-refractivity contribution is 0.0947. The molecule has 2 N–H and O–H groups in total. The number of nitrogens with zero attached hydrogens (tertiary/aromatic N) is 2. The molecule has 4 nitrogen and oxygen atoms in total. The van der Waals surface area contributed by atoms with Gasteiger partial charge in [-0.15, -0.1) is 0 Å². The van der Waals surface area contributed by atoms with Crippen molar-refractivity contribution in [2.45, 2.75) is 6.92 Å². The van der Waals surface area contributed by atoms with E-state index >= 15 is 0 Å². The van der Waals surface area contributed by atoms with Gasteiger partial charge in [-0.1, -0.05) is 18.2 Å². The minimum absolute atomic E-state index is 0.207.